The number of benzene rings is 1. The van der Waals surface area contributed by atoms with Gasteiger partial charge in [-0.25, -0.2) is 17.2 Å². The van der Waals surface area contributed by atoms with Crippen LogP contribution < -0.4 is 4.72 Å². The molecule has 26 heavy (non-hydrogen) atoms. The lowest BCUT2D eigenvalue weighted by Gasteiger charge is -2.22. The van der Waals surface area contributed by atoms with Gasteiger partial charge in [-0.05, 0) is 12.5 Å². The summed E-state index contributed by atoms with van der Waals surface area (Å²) in [4.78, 5) is 16.0. The number of carbonyl (C=O) groups is 1. The summed E-state index contributed by atoms with van der Waals surface area (Å²) in [5, 5.41) is 8.58. The summed E-state index contributed by atoms with van der Waals surface area (Å²) < 4.78 is 55.2. The van der Waals surface area contributed by atoms with Gasteiger partial charge < -0.3 is 9.88 Å². The lowest BCUT2D eigenvalue weighted by Crippen LogP contribution is -2.34. The van der Waals surface area contributed by atoms with E-state index in [1.807, 2.05) is 4.72 Å². The third-order valence-electron chi connectivity index (χ3n) is 4.14. The Bertz CT molecular complexity index is 1040. The van der Waals surface area contributed by atoms with Crippen LogP contribution in [0.4, 0.5) is 14.5 Å². The number of aromatic amines is 1. The van der Waals surface area contributed by atoms with Crippen molar-refractivity contribution in [2.24, 2.45) is 0 Å². The van der Waals surface area contributed by atoms with Crippen molar-refractivity contribution in [3.05, 3.63) is 46.8 Å². The summed E-state index contributed by atoms with van der Waals surface area (Å²) in [6, 6.07) is 3.17. The van der Waals surface area contributed by atoms with Gasteiger partial charge in [0.05, 0.1) is 18.2 Å². The Morgan fingerprint density at radius 2 is 2.08 bits per heavy atom. The van der Waals surface area contributed by atoms with Crippen LogP contribution in [0, 0.1) is 23.0 Å². The number of fused-ring (bicyclic) bond motifs is 1. The number of nitrogens with one attached hydrogen (secondary N) is 2. The SMILES string of the molecule is CN1CCc2c(S(=O)(=O)Nc3cc(F)c(CC#N)cc3F)c[nH]c2C1=O. The summed E-state index contributed by atoms with van der Waals surface area (Å²) in [6.45, 7) is 0.345. The second-order valence-corrected chi connectivity index (χ2v) is 7.50. The van der Waals surface area contributed by atoms with E-state index in [1.54, 1.807) is 13.1 Å². The Balaban J connectivity index is 1.97. The average molecular weight is 380 g/mol. The Kier molecular flexibility index (Phi) is 4.41. The summed E-state index contributed by atoms with van der Waals surface area (Å²) in [5.41, 5.74) is -0.267. The fourth-order valence-electron chi connectivity index (χ4n) is 2.77. The molecular formula is C16H14F2N4O3S. The van der Waals surface area contributed by atoms with Crippen molar-refractivity contribution in [1.29, 1.82) is 5.26 Å². The third kappa shape index (κ3) is 3.01. The molecule has 0 fully saturated rings. The number of amides is 1. The molecule has 1 aliphatic heterocycles. The van der Waals surface area contributed by atoms with Gasteiger partial charge in [-0.15, -0.1) is 0 Å². The number of rotatable bonds is 4. The van der Waals surface area contributed by atoms with Crippen LogP contribution in [0.5, 0.6) is 0 Å². The molecule has 0 bridgehead atoms. The minimum atomic E-state index is -4.24. The van der Waals surface area contributed by atoms with Gasteiger partial charge in [0.2, 0.25) is 0 Å². The van der Waals surface area contributed by atoms with Crippen molar-refractivity contribution in [2.45, 2.75) is 17.7 Å². The van der Waals surface area contributed by atoms with E-state index in [0.29, 0.717) is 24.6 Å². The molecule has 0 radical (unpaired) electrons. The smallest absolute Gasteiger partial charge is 0.270 e. The maximum absolute atomic E-state index is 14.1. The molecule has 0 atom stereocenters. The molecule has 0 spiro atoms. The molecule has 136 valence electrons. The first kappa shape index (κ1) is 17.9. The highest BCUT2D eigenvalue weighted by molar-refractivity contribution is 7.92. The topological polar surface area (TPSA) is 106 Å². The van der Waals surface area contributed by atoms with Crippen LogP contribution in [-0.4, -0.2) is 37.8 Å². The molecule has 10 heteroatoms. The molecule has 1 aromatic heterocycles. The first-order chi connectivity index (χ1) is 12.2. The van der Waals surface area contributed by atoms with Gasteiger partial charge in [-0.2, -0.15) is 5.26 Å². The molecule has 0 saturated carbocycles. The maximum Gasteiger partial charge on any atom is 0.270 e. The number of hydrogen-bond acceptors (Lipinski definition) is 4. The van der Waals surface area contributed by atoms with Crippen molar-refractivity contribution in [1.82, 2.24) is 9.88 Å². The predicted octanol–water partition coefficient (Wildman–Crippen LogP) is 1.79. The normalized spacial score (nSPS) is 14.1. The van der Waals surface area contributed by atoms with Crippen LogP contribution in [0.3, 0.4) is 0 Å². The van der Waals surface area contributed by atoms with Gasteiger partial charge in [0.1, 0.15) is 22.2 Å². The lowest BCUT2D eigenvalue weighted by atomic mass is 10.1. The maximum atomic E-state index is 14.1. The summed E-state index contributed by atoms with van der Waals surface area (Å²) in [6.07, 6.45) is 1.13. The van der Waals surface area contributed by atoms with Crippen molar-refractivity contribution < 1.29 is 22.0 Å². The number of aromatic nitrogens is 1. The number of hydrogen-bond donors (Lipinski definition) is 2. The number of carbonyl (C=O) groups excluding carboxylic acids is 1. The van der Waals surface area contributed by atoms with E-state index in [1.165, 1.54) is 4.90 Å². The standard InChI is InChI=1S/C16H14F2N4O3S/c1-22-5-3-10-14(8-20-15(10)16(22)23)26(24,25)21-13-7-11(17)9(2-4-19)6-12(13)18/h6-8,20-21H,2-3,5H2,1H3. The van der Waals surface area contributed by atoms with Crippen LogP contribution in [0.15, 0.2) is 23.2 Å². The minimum Gasteiger partial charge on any atom is -0.356 e. The Morgan fingerprint density at radius 1 is 1.35 bits per heavy atom. The molecule has 2 N–H and O–H groups in total. The molecule has 2 aromatic rings. The number of anilines is 1. The average Bonchev–Trinajstić information content (AvgIpc) is 3.01. The van der Waals surface area contributed by atoms with E-state index < -0.39 is 27.3 Å². The van der Waals surface area contributed by atoms with Crippen LogP contribution in [0.2, 0.25) is 0 Å². The van der Waals surface area contributed by atoms with E-state index in [4.69, 9.17) is 5.26 Å². The largest absolute Gasteiger partial charge is 0.356 e. The highest BCUT2D eigenvalue weighted by atomic mass is 32.2. The number of nitrogens with zero attached hydrogens (tertiary/aromatic N) is 2. The van der Waals surface area contributed by atoms with E-state index in [0.717, 1.165) is 12.3 Å². The molecule has 0 aliphatic carbocycles. The van der Waals surface area contributed by atoms with Gasteiger partial charge in [0.15, 0.2) is 0 Å². The molecule has 2 heterocycles. The fourth-order valence-corrected chi connectivity index (χ4v) is 4.07. The zero-order valence-electron chi connectivity index (χ0n) is 13.6. The zero-order valence-corrected chi connectivity index (χ0v) is 14.5. The molecule has 3 rings (SSSR count). The number of H-pyrrole nitrogens is 1. The first-order valence-corrected chi connectivity index (χ1v) is 9.06. The molecule has 7 nitrogen and oxygen atoms in total. The molecule has 1 aliphatic rings. The van der Waals surface area contributed by atoms with Crippen LogP contribution in [0.1, 0.15) is 21.6 Å². The molecule has 1 amide bonds. The van der Waals surface area contributed by atoms with Gasteiger partial charge in [-0.3, -0.25) is 9.52 Å². The second kappa shape index (κ2) is 6.42. The number of nitriles is 1. The Morgan fingerprint density at radius 3 is 2.77 bits per heavy atom. The van der Waals surface area contributed by atoms with Gasteiger partial charge in [-0.1, -0.05) is 0 Å². The van der Waals surface area contributed by atoms with Crippen LogP contribution in [0.25, 0.3) is 0 Å². The van der Waals surface area contributed by atoms with Gasteiger partial charge >= 0.3 is 0 Å². The summed E-state index contributed by atoms with van der Waals surface area (Å²) >= 11 is 0. The lowest BCUT2D eigenvalue weighted by molar-refractivity contribution is 0.0775. The van der Waals surface area contributed by atoms with Crippen molar-refractivity contribution in [3.8, 4) is 6.07 Å². The molecule has 0 saturated heterocycles. The zero-order chi connectivity index (χ0) is 19.1. The molecular weight excluding hydrogens is 366 g/mol. The second-order valence-electron chi connectivity index (χ2n) is 5.85. The Hall–Kier alpha value is -2.93. The fraction of sp³-hybridized carbons (Fsp3) is 0.250. The highest BCUT2D eigenvalue weighted by Crippen LogP contribution is 2.28. The van der Waals surface area contributed by atoms with Crippen molar-refractivity contribution in [2.75, 3.05) is 18.3 Å². The van der Waals surface area contributed by atoms with Crippen LogP contribution in [-0.2, 0) is 22.9 Å². The van der Waals surface area contributed by atoms with Crippen molar-refractivity contribution in [3.63, 3.8) is 0 Å². The number of sulfonamides is 1. The van der Waals surface area contributed by atoms with E-state index >= 15 is 0 Å². The van der Waals surface area contributed by atoms with Crippen molar-refractivity contribution >= 4 is 21.6 Å². The quantitative estimate of drug-likeness (QED) is 0.843. The minimum absolute atomic E-state index is 0.162. The number of halogens is 2. The first-order valence-electron chi connectivity index (χ1n) is 7.58. The number of likely N-dealkylation sites (N-methyl/N-ethyl adjacent to an activating group) is 1. The highest BCUT2D eigenvalue weighted by Gasteiger charge is 2.31. The van der Waals surface area contributed by atoms with E-state index in [-0.39, 0.29) is 28.5 Å². The van der Waals surface area contributed by atoms with E-state index in [9.17, 15) is 22.0 Å². The van der Waals surface area contributed by atoms with E-state index in [2.05, 4.69) is 4.98 Å². The van der Waals surface area contributed by atoms with Crippen LogP contribution >= 0.6 is 0 Å². The van der Waals surface area contributed by atoms with Gasteiger partial charge in [0.25, 0.3) is 15.9 Å². The summed E-state index contributed by atoms with van der Waals surface area (Å²) in [7, 11) is -2.64. The summed E-state index contributed by atoms with van der Waals surface area (Å²) in [5.74, 6) is -2.23. The van der Waals surface area contributed by atoms with Gasteiger partial charge in [0, 0.05) is 37.0 Å². The Labute approximate surface area is 148 Å². The molecule has 0 unspecified atom stereocenters. The predicted molar refractivity (Wildman–Crippen MR) is 87.9 cm³/mol. The monoisotopic (exact) mass is 380 g/mol. The third-order valence-corrected chi connectivity index (χ3v) is 5.58. The molecule has 1 aromatic carbocycles.